The van der Waals surface area contributed by atoms with Gasteiger partial charge in [-0.3, -0.25) is 14.4 Å². The highest BCUT2D eigenvalue weighted by molar-refractivity contribution is 7.98. The fourth-order valence-corrected chi connectivity index (χ4v) is 2.86. The van der Waals surface area contributed by atoms with E-state index in [2.05, 4.69) is 0 Å². The average Bonchev–Trinajstić information content (AvgIpc) is 2.25. The molecule has 0 aliphatic heterocycles. The molecule has 0 bridgehead atoms. The highest BCUT2D eigenvalue weighted by atomic mass is 32.2. The largest absolute Gasteiger partial charge is 0.298 e. The maximum Gasteiger partial charge on any atom is 0.151 e. The van der Waals surface area contributed by atoms with Crippen molar-refractivity contribution in [3.05, 3.63) is 0 Å². The van der Waals surface area contributed by atoms with Crippen LogP contribution in [0.2, 0.25) is 0 Å². The molecule has 1 fully saturated rings. The van der Waals surface area contributed by atoms with Crippen LogP contribution in [0.4, 0.5) is 0 Å². The van der Waals surface area contributed by atoms with E-state index in [0.29, 0.717) is 25.7 Å². The fourth-order valence-electron chi connectivity index (χ4n) is 2.29. The molecule has 0 saturated heterocycles. The van der Waals surface area contributed by atoms with Gasteiger partial charge < -0.3 is 0 Å². The number of carbonyl (C=O) groups excluding carboxylic acids is 3. The second-order valence-electron chi connectivity index (χ2n) is 4.64. The van der Waals surface area contributed by atoms with Crippen molar-refractivity contribution in [3.63, 3.8) is 0 Å². The Morgan fingerprint density at radius 3 is 2.35 bits per heavy atom. The monoisotopic (exact) mass is 256 g/mol. The third kappa shape index (κ3) is 3.95. The van der Waals surface area contributed by atoms with Crippen molar-refractivity contribution in [2.45, 2.75) is 39.0 Å². The minimum atomic E-state index is -0.930. The van der Waals surface area contributed by atoms with Gasteiger partial charge >= 0.3 is 0 Å². The summed E-state index contributed by atoms with van der Waals surface area (Å²) >= 11 is 1.72. The molecule has 1 rings (SSSR count). The molecule has 0 radical (unpaired) electrons. The first-order valence-corrected chi connectivity index (χ1v) is 7.56. The standard InChI is InChI=1S/C13H20O3S/c1-3-4-10(14)13-11(15)7-9(5-6-17-2)8-12(13)16/h9,13H,3-8H2,1-2H3. The highest BCUT2D eigenvalue weighted by Crippen LogP contribution is 2.28. The summed E-state index contributed by atoms with van der Waals surface area (Å²) in [5, 5.41) is 0. The van der Waals surface area contributed by atoms with E-state index >= 15 is 0 Å². The zero-order chi connectivity index (χ0) is 12.8. The third-order valence-electron chi connectivity index (χ3n) is 3.17. The van der Waals surface area contributed by atoms with Crippen LogP contribution in [0, 0.1) is 11.8 Å². The molecule has 0 N–H and O–H groups in total. The lowest BCUT2D eigenvalue weighted by molar-refractivity contribution is -0.143. The third-order valence-corrected chi connectivity index (χ3v) is 3.82. The van der Waals surface area contributed by atoms with Gasteiger partial charge in [-0.25, -0.2) is 0 Å². The molecule has 1 aliphatic rings. The molecular formula is C13H20O3S. The maximum absolute atomic E-state index is 11.8. The quantitative estimate of drug-likeness (QED) is 0.684. The summed E-state index contributed by atoms with van der Waals surface area (Å²) in [5.74, 6) is -0.269. The van der Waals surface area contributed by atoms with Crippen LogP contribution < -0.4 is 0 Å². The first-order chi connectivity index (χ1) is 8.10. The molecule has 17 heavy (non-hydrogen) atoms. The Balaban J connectivity index is 2.59. The van der Waals surface area contributed by atoms with E-state index < -0.39 is 5.92 Å². The second kappa shape index (κ2) is 6.94. The van der Waals surface area contributed by atoms with Crippen LogP contribution in [0.5, 0.6) is 0 Å². The molecule has 3 nitrogen and oxygen atoms in total. The number of thioether (sulfide) groups is 1. The van der Waals surface area contributed by atoms with E-state index in [-0.39, 0.29) is 23.3 Å². The van der Waals surface area contributed by atoms with Crippen LogP contribution in [0.25, 0.3) is 0 Å². The normalized spacial score (nSPS) is 25.1. The van der Waals surface area contributed by atoms with Crippen molar-refractivity contribution in [2.75, 3.05) is 12.0 Å². The lowest BCUT2D eigenvalue weighted by Crippen LogP contribution is -2.38. The lowest BCUT2D eigenvalue weighted by atomic mass is 9.76. The van der Waals surface area contributed by atoms with Gasteiger partial charge in [-0.15, -0.1) is 0 Å². The summed E-state index contributed by atoms with van der Waals surface area (Å²) in [7, 11) is 0. The van der Waals surface area contributed by atoms with Crippen LogP contribution in [0.1, 0.15) is 39.0 Å². The summed E-state index contributed by atoms with van der Waals surface area (Å²) in [5.41, 5.74) is 0. The number of ketones is 3. The Bertz CT molecular complexity index is 294. The lowest BCUT2D eigenvalue weighted by Gasteiger charge is -2.25. The average molecular weight is 256 g/mol. The molecule has 0 amide bonds. The van der Waals surface area contributed by atoms with Gasteiger partial charge in [0.15, 0.2) is 17.3 Å². The van der Waals surface area contributed by atoms with Gasteiger partial charge in [0, 0.05) is 19.3 Å². The summed E-state index contributed by atoms with van der Waals surface area (Å²) in [4.78, 5) is 35.4. The first kappa shape index (κ1) is 14.4. The van der Waals surface area contributed by atoms with Crippen molar-refractivity contribution in [1.29, 1.82) is 0 Å². The Morgan fingerprint density at radius 1 is 1.29 bits per heavy atom. The van der Waals surface area contributed by atoms with Gasteiger partial charge in [0.25, 0.3) is 0 Å². The molecule has 0 heterocycles. The zero-order valence-electron chi connectivity index (χ0n) is 10.5. The van der Waals surface area contributed by atoms with Crippen molar-refractivity contribution >= 4 is 29.1 Å². The van der Waals surface area contributed by atoms with Crippen LogP contribution in [0.3, 0.4) is 0 Å². The van der Waals surface area contributed by atoms with Gasteiger partial charge in [-0.1, -0.05) is 6.92 Å². The summed E-state index contributed by atoms with van der Waals surface area (Å²) in [6.45, 7) is 1.89. The van der Waals surface area contributed by atoms with Crippen LogP contribution in [-0.2, 0) is 14.4 Å². The minimum absolute atomic E-state index is 0.147. The van der Waals surface area contributed by atoms with Gasteiger partial charge in [0.1, 0.15) is 5.92 Å². The second-order valence-corrected chi connectivity index (χ2v) is 5.62. The van der Waals surface area contributed by atoms with E-state index in [4.69, 9.17) is 0 Å². The molecule has 0 unspecified atom stereocenters. The SMILES string of the molecule is CCCC(=O)C1C(=O)CC(CCSC)CC1=O. The number of Topliss-reactive ketones (excluding diaryl/α,β-unsaturated/α-hetero) is 3. The molecule has 0 spiro atoms. The number of rotatable bonds is 6. The van der Waals surface area contributed by atoms with Gasteiger partial charge in [-0.05, 0) is 30.8 Å². The Kier molecular flexibility index (Phi) is 5.89. The fraction of sp³-hybridized carbons (Fsp3) is 0.769. The summed E-state index contributed by atoms with van der Waals surface area (Å²) in [6, 6.07) is 0. The molecule has 4 heteroatoms. The van der Waals surface area contributed by atoms with Crippen LogP contribution in [0.15, 0.2) is 0 Å². The molecule has 0 atom stereocenters. The van der Waals surface area contributed by atoms with Crippen molar-refractivity contribution in [1.82, 2.24) is 0 Å². The number of hydrogen-bond donors (Lipinski definition) is 0. The van der Waals surface area contributed by atoms with Gasteiger partial charge in [0.05, 0.1) is 0 Å². The van der Waals surface area contributed by atoms with Crippen molar-refractivity contribution in [2.24, 2.45) is 11.8 Å². The molecule has 1 aliphatic carbocycles. The maximum atomic E-state index is 11.8. The minimum Gasteiger partial charge on any atom is -0.298 e. The van der Waals surface area contributed by atoms with Crippen LogP contribution in [-0.4, -0.2) is 29.4 Å². The first-order valence-electron chi connectivity index (χ1n) is 6.17. The predicted octanol–water partition coefficient (Wildman–Crippen LogP) is 2.27. The van der Waals surface area contributed by atoms with Gasteiger partial charge in [0.2, 0.25) is 0 Å². The topological polar surface area (TPSA) is 51.2 Å². The van der Waals surface area contributed by atoms with Gasteiger partial charge in [-0.2, -0.15) is 11.8 Å². The highest BCUT2D eigenvalue weighted by Gasteiger charge is 2.38. The Labute approximate surface area is 107 Å². The van der Waals surface area contributed by atoms with E-state index in [0.717, 1.165) is 12.2 Å². The smallest absolute Gasteiger partial charge is 0.151 e. The number of carbonyl (C=O) groups is 3. The molecule has 1 saturated carbocycles. The van der Waals surface area contributed by atoms with Crippen molar-refractivity contribution < 1.29 is 14.4 Å². The molecule has 96 valence electrons. The van der Waals surface area contributed by atoms with E-state index in [1.54, 1.807) is 11.8 Å². The molecule has 0 aromatic rings. The Morgan fingerprint density at radius 2 is 1.88 bits per heavy atom. The summed E-state index contributed by atoms with van der Waals surface area (Å²) in [6.07, 6.45) is 4.77. The molecule has 0 aromatic heterocycles. The van der Waals surface area contributed by atoms with E-state index in [1.807, 2.05) is 13.2 Å². The van der Waals surface area contributed by atoms with E-state index in [9.17, 15) is 14.4 Å². The molecular weight excluding hydrogens is 236 g/mol. The van der Waals surface area contributed by atoms with E-state index in [1.165, 1.54) is 0 Å². The molecule has 0 aromatic carbocycles. The Hall–Kier alpha value is -0.640. The predicted molar refractivity (Wildman–Crippen MR) is 69.1 cm³/mol. The zero-order valence-corrected chi connectivity index (χ0v) is 11.3. The number of hydrogen-bond acceptors (Lipinski definition) is 4. The summed E-state index contributed by atoms with van der Waals surface area (Å²) < 4.78 is 0. The van der Waals surface area contributed by atoms with Crippen LogP contribution >= 0.6 is 11.8 Å². The van der Waals surface area contributed by atoms with Crippen molar-refractivity contribution in [3.8, 4) is 0 Å².